The Balaban J connectivity index is 1.46. The Labute approximate surface area is 158 Å². The van der Waals surface area contributed by atoms with E-state index >= 15 is 0 Å². The molecule has 0 spiro atoms. The molecule has 3 aromatic rings. The van der Waals surface area contributed by atoms with Gasteiger partial charge in [-0.05, 0) is 45.3 Å². The van der Waals surface area contributed by atoms with Crippen LogP contribution >= 0.6 is 0 Å². The second kappa shape index (κ2) is 7.79. The maximum absolute atomic E-state index is 6.07. The summed E-state index contributed by atoms with van der Waals surface area (Å²) in [5.41, 5.74) is 8.45. The van der Waals surface area contributed by atoms with Gasteiger partial charge in [0.15, 0.2) is 0 Å². The van der Waals surface area contributed by atoms with Gasteiger partial charge in [-0.25, -0.2) is 4.98 Å². The minimum Gasteiger partial charge on any atom is -0.493 e. The Morgan fingerprint density at radius 2 is 2.11 bits per heavy atom. The van der Waals surface area contributed by atoms with Gasteiger partial charge in [-0.3, -0.25) is 5.10 Å². The van der Waals surface area contributed by atoms with Crippen LogP contribution in [0.1, 0.15) is 24.8 Å². The molecule has 4 N–H and O–H groups in total. The van der Waals surface area contributed by atoms with Crippen LogP contribution in [-0.4, -0.2) is 51.3 Å². The fourth-order valence-electron chi connectivity index (χ4n) is 3.33. The topological polar surface area (TPSA) is 105 Å². The normalized spacial score (nSPS) is 14.7. The summed E-state index contributed by atoms with van der Waals surface area (Å²) in [4.78, 5) is 11.0. The van der Waals surface area contributed by atoms with E-state index in [0.717, 1.165) is 40.9 Å². The van der Waals surface area contributed by atoms with Gasteiger partial charge in [0.2, 0.25) is 5.95 Å². The molecule has 4 rings (SSSR count). The summed E-state index contributed by atoms with van der Waals surface area (Å²) in [5, 5.41) is 11.3. The van der Waals surface area contributed by atoms with Crippen molar-refractivity contribution in [1.29, 1.82) is 0 Å². The zero-order valence-corrected chi connectivity index (χ0v) is 15.5. The molecule has 1 saturated heterocycles. The van der Waals surface area contributed by atoms with Crippen LogP contribution in [0.2, 0.25) is 0 Å². The average molecular weight is 367 g/mol. The molecule has 27 heavy (non-hydrogen) atoms. The molecular weight excluding hydrogens is 342 g/mol. The number of aromatic nitrogens is 4. The quantitative estimate of drug-likeness (QED) is 0.551. The third-order valence-corrected chi connectivity index (χ3v) is 4.86. The number of fused-ring (bicyclic) bond motifs is 1. The van der Waals surface area contributed by atoms with Gasteiger partial charge in [0.05, 0.1) is 23.7 Å². The molecule has 0 radical (unpaired) electrons. The fraction of sp³-hybridized carbons (Fsp3) is 0.421. The molecule has 142 valence electrons. The number of nitrogens with zero attached hydrogens (tertiary/aromatic N) is 4. The number of ether oxygens (including phenoxy) is 1. The molecule has 0 saturated carbocycles. The van der Waals surface area contributed by atoms with Gasteiger partial charge in [0.25, 0.3) is 0 Å². The molecule has 3 heterocycles. The Hall–Kier alpha value is -2.87. The molecule has 0 aliphatic carbocycles. The number of nitrogens with one attached hydrogen (secondary N) is 2. The van der Waals surface area contributed by atoms with Gasteiger partial charge in [-0.1, -0.05) is 0 Å². The van der Waals surface area contributed by atoms with Crippen molar-refractivity contribution in [2.45, 2.75) is 26.2 Å². The highest BCUT2D eigenvalue weighted by Crippen LogP contribution is 2.30. The van der Waals surface area contributed by atoms with Gasteiger partial charge >= 0.3 is 0 Å². The summed E-state index contributed by atoms with van der Waals surface area (Å²) in [6, 6.07) is 3.91. The molecule has 2 aromatic heterocycles. The number of hydrogen-bond acceptors (Lipinski definition) is 7. The number of aryl methyl sites for hydroxylation is 1. The van der Waals surface area contributed by atoms with E-state index in [1.165, 1.54) is 25.9 Å². The van der Waals surface area contributed by atoms with Crippen LogP contribution in [0, 0.1) is 6.92 Å². The van der Waals surface area contributed by atoms with Crippen molar-refractivity contribution in [3.8, 4) is 5.75 Å². The molecule has 0 atom stereocenters. The maximum atomic E-state index is 6.07. The van der Waals surface area contributed by atoms with Crippen molar-refractivity contribution >= 4 is 28.4 Å². The first-order valence-corrected chi connectivity index (χ1v) is 9.37. The number of H-pyrrole nitrogens is 1. The maximum Gasteiger partial charge on any atom is 0.229 e. The summed E-state index contributed by atoms with van der Waals surface area (Å²) >= 11 is 0. The van der Waals surface area contributed by atoms with Crippen LogP contribution in [-0.2, 0) is 0 Å². The molecule has 0 unspecified atom stereocenters. The van der Waals surface area contributed by atoms with Gasteiger partial charge in [0.1, 0.15) is 11.6 Å². The second-order valence-electron chi connectivity index (χ2n) is 6.94. The van der Waals surface area contributed by atoms with E-state index in [-0.39, 0.29) is 0 Å². The van der Waals surface area contributed by atoms with Crippen LogP contribution in [0.5, 0.6) is 5.75 Å². The Morgan fingerprint density at radius 3 is 2.93 bits per heavy atom. The van der Waals surface area contributed by atoms with E-state index < -0.39 is 0 Å². The molecule has 1 aliphatic heterocycles. The number of anilines is 3. The SMILES string of the molecule is Cc1cnc(Nc2cc(OCCCN3CCCC3)c3cn[nH]c3c2)nc1N. The highest BCUT2D eigenvalue weighted by Gasteiger charge is 2.12. The highest BCUT2D eigenvalue weighted by molar-refractivity contribution is 5.88. The van der Waals surface area contributed by atoms with Crippen molar-refractivity contribution in [2.75, 3.05) is 37.3 Å². The lowest BCUT2D eigenvalue weighted by Gasteiger charge is -2.15. The minimum atomic E-state index is 0.456. The van der Waals surface area contributed by atoms with Crippen molar-refractivity contribution in [3.05, 3.63) is 30.1 Å². The molecule has 1 aromatic carbocycles. The Kier molecular flexibility index (Phi) is 5.06. The number of nitrogens with two attached hydrogens (primary N) is 1. The van der Waals surface area contributed by atoms with Crippen LogP contribution in [0.25, 0.3) is 10.9 Å². The van der Waals surface area contributed by atoms with Gasteiger partial charge in [-0.15, -0.1) is 0 Å². The number of rotatable bonds is 7. The van der Waals surface area contributed by atoms with E-state index in [4.69, 9.17) is 10.5 Å². The first kappa shape index (κ1) is 17.5. The molecular formula is C19H25N7O. The van der Waals surface area contributed by atoms with E-state index in [1.54, 1.807) is 12.4 Å². The van der Waals surface area contributed by atoms with Crippen molar-refractivity contribution in [3.63, 3.8) is 0 Å². The molecule has 0 bridgehead atoms. The summed E-state index contributed by atoms with van der Waals surface area (Å²) in [7, 11) is 0. The van der Waals surface area contributed by atoms with Crippen LogP contribution in [0.4, 0.5) is 17.5 Å². The highest BCUT2D eigenvalue weighted by atomic mass is 16.5. The molecule has 8 nitrogen and oxygen atoms in total. The van der Waals surface area contributed by atoms with Gasteiger partial charge < -0.3 is 20.7 Å². The van der Waals surface area contributed by atoms with Crippen molar-refractivity contribution in [2.24, 2.45) is 0 Å². The first-order valence-electron chi connectivity index (χ1n) is 9.37. The largest absolute Gasteiger partial charge is 0.493 e. The third-order valence-electron chi connectivity index (χ3n) is 4.86. The minimum absolute atomic E-state index is 0.456. The lowest BCUT2D eigenvalue weighted by Crippen LogP contribution is -2.21. The number of aromatic amines is 1. The number of benzene rings is 1. The lowest BCUT2D eigenvalue weighted by atomic mass is 10.2. The zero-order chi connectivity index (χ0) is 18.6. The summed E-state index contributed by atoms with van der Waals surface area (Å²) < 4.78 is 6.07. The van der Waals surface area contributed by atoms with Crippen LogP contribution < -0.4 is 15.8 Å². The number of hydrogen-bond donors (Lipinski definition) is 3. The average Bonchev–Trinajstić information content (AvgIpc) is 3.33. The molecule has 0 amide bonds. The van der Waals surface area contributed by atoms with E-state index in [2.05, 4.69) is 30.4 Å². The Morgan fingerprint density at radius 1 is 1.26 bits per heavy atom. The Bertz CT molecular complexity index is 918. The van der Waals surface area contributed by atoms with E-state index in [1.807, 2.05) is 19.1 Å². The third kappa shape index (κ3) is 4.11. The number of likely N-dealkylation sites (tertiary alicyclic amines) is 1. The standard InChI is InChI=1S/C19H25N7O/c1-13-11-21-19(24-18(13)20)23-14-9-16-15(12-22-25-16)17(10-14)27-8-4-7-26-5-2-3-6-26/h9-12H,2-8H2,1H3,(H,22,25)(H3,20,21,23,24). The molecule has 1 fully saturated rings. The molecule has 8 heteroatoms. The summed E-state index contributed by atoms with van der Waals surface area (Å²) in [6.07, 6.45) is 7.13. The summed E-state index contributed by atoms with van der Waals surface area (Å²) in [6.45, 7) is 6.07. The van der Waals surface area contributed by atoms with Crippen molar-refractivity contribution < 1.29 is 4.74 Å². The lowest BCUT2D eigenvalue weighted by molar-refractivity contribution is 0.265. The van der Waals surface area contributed by atoms with Crippen LogP contribution in [0.3, 0.4) is 0 Å². The van der Waals surface area contributed by atoms with E-state index in [9.17, 15) is 0 Å². The number of nitrogen functional groups attached to an aromatic ring is 1. The fourth-order valence-corrected chi connectivity index (χ4v) is 3.33. The summed E-state index contributed by atoms with van der Waals surface area (Å²) in [5.74, 6) is 1.72. The smallest absolute Gasteiger partial charge is 0.229 e. The molecule has 1 aliphatic rings. The first-order chi connectivity index (χ1) is 13.2. The predicted molar refractivity (Wildman–Crippen MR) is 106 cm³/mol. The predicted octanol–water partition coefficient (Wildman–Crippen LogP) is 2.85. The van der Waals surface area contributed by atoms with Gasteiger partial charge in [0, 0.05) is 30.1 Å². The van der Waals surface area contributed by atoms with Gasteiger partial charge in [-0.2, -0.15) is 10.1 Å². The van der Waals surface area contributed by atoms with Crippen LogP contribution in [0.15, 0.2) is 24.5 Å². The zero-order valence-electron chi connectivity index (χ0n) is 15.5. The second-order valence-corrected chi connectivity index (χ2v) is 6.94. The van der Waals surface area contributed by atoms with Crippen molar-refractivity contribution in [1.82, 2.24) is 25.1 Å². The van der Waals surface area contributed by atoms with E-state index in [0.29, 0.717) is 18.4 Å². The monoisotopic (exact) mass is 367 g/mol.